The summed E-state index contributed by atoms with van der Waals surface area (Å²) >= 11 is 6.11. The fraction of sp³-hybridized carbons (Fsp3) is 0.235. The highest BCUT2D eigenvalue weighted by Gasteiger charge is 2.34. The van der Waals surface area contributed by atoms with Crippen LogP contribution in [0.15, 0.2) is 120 Å². The summed E-state index contributed by atoms with van der Waals surface area (Å²) in [4.78, 5) is 29.7. The molecular formula is C34H36ClN3O4S. The number of sulfonamides is 1. The molecule has 4 aromatic rings. The van der Waals surface area contributed by atoms with E-state index in [0.717, 1.165) is 21.9 Å². The quantitative estimate of drug-likeness (QED) is 0.197. The topological polar surface area (TPSA) is 86.8 Å². The summed E-state index contributed by atoms with van der Waals surface area (Å²) in [5.74, 6) is -0.815. The van der Waals surface area contributed by atoms with Crippen LogP contribution in [-0.4, -0.2) is 43.8 Å². The molecule has 7 nitrogen and oxygen atoms in total. The van der Waals surface area contributed by atoms with Gasteiger partial charge in [-0.2, -0.15) is 0 Å². The number of halogens is 1. The zero-order valence-corrected chi connectivity index (χ0v) is 25.8. The standard InChI is InChI=1S/C34H36ClN3O4S/c1-3-26(2)36-34(40)32(23-27-13-7-4-8-14-27)37(24-28-15-9-5-10-16-28)33(39)25-38(30-21-19-29(35)20-22-30)43(41,42)31-17-11-6-12-18-31/h4-22,26,32H,3,23-25H2,1-2H3,(H,36,40). The SMILES string of the molecule is CCC(C)NC(=O)C(Cc1ccccc1)N(Cc1ccccc1)C(=O)CN(c1ccc(Cl)cc1)S(=O)(=O)c1ccccc1. The summed E-state index contributed by atoms with van der Waals surface area (Å²) in [5, 5.41) is 3.47. The first-order valence-electron chi connectivity index (χ1n) is 14.2. The number of hydrogen-bond donors (Lipinski definition) is 1. The Balaban J connectivity index is 1.78. The number of benzene rings is 4. The molecule has 1 N–H and O–H groups in total. The lowest BCUT2D eigenvalue weighted by Gasteiger charge is -2.34. The maximum absolute atomic E-state index is 14.4. The van der Waals surface area contributed by atoms with Crippen molar-refractivity contribution < 1.29 is 18.0 Å². The van der Waals surface area contributed by atoms with Gasteiger partial charge in [0.15, 0.2) is 0 Å². The van der Waals surface area contributed by atoms with Crippen molar-refractivity contribution in [3.05, 3.63) is 131 Å². The van der Waals surface area contributed by atoms with E-state index in [1.54, 1.807) is 42.5 Å². The van der Waals surface area contributed by atoms with Gasteiger partial charge in [0.1, 0.15) is 12.6 Å². The average Bonchev–Trinajstić information content (AvgIpc) is 3.03. The number of nitrogens with one attached hydrogen (secondary N) is 1. The van der Waals surface area contributed by atoms with Crippen LogP contribution in [0.3, 0.4) is 0 Å². The lowest BCUT2D eigenvalue weighted by Crippen LogP contribution is -2.54. The van der Waals surface area contributed by atoms with Gasteiger partial charge >= 0.3 is 0 Å². The van der Waals surface area contributed by atoms with E-state index in [9.17, 15) is 18.0 Å². The molecule has 0 fully saturated rings. The van der Waals surface area contributed by atoms with E-state index in [2.05, 4.69) is 5.32 Å². The van der Waals surface area contributed by atoms with Gasteiger partial charge < -0.3 is 10.2 Å². The third-order valence-corrected chi connectivity index (χ3v) is 9.23. The molecule has 0 aliphatic heterocycles. The number of carbonyl (C=O) groups excluding carboxylic acids is 2. The van der Waals surface area contributed by atoms with Crippen LogP contribution in [0, 0.1) is 0 Å². The third kappa shape index (κ3) is 8.46. The van der Waals surface area contributed by atoms with Crippen LogP contribution in [0.4, 0.5) is 5.69 Å². The lowest BCUT2D eigenvalue weighted by molar-refractivity contribution is -0.140. The normalized spacial score (nSPS) is 12.6. The smallest absolute Gasteiger partial charge is 0.264 e. The van der Waals surface area contributed by atoms with Gasteiger partial charge in [0.05, 0.1) is 10.6 Å². The van der Waals surface area contributed by atoms with Crippen LogP contribution in [0.5, 0.6) is 0 Å². The van der Waals surface area contributed by atoms with Crippen LogP contribution in [0.25, 0.3) is 0 Å². The Morgan fingerprint density at radius 2 is 1.33 bits per heavy atom. The zero-order valence-electron chi connectivity index (χ0n) is 24.3. The highest BCUT2D eigenvalue weighted by molar-refractivity contribution is 7.92. The van der Waals surface area contributed by atoms with Crippen molar-refractivity contribution in [2.45, 2.75) is 50.2 Å². The van der Waals surface area contributed by atoms with E-state index in [-0.39, 0.29) is 35.5 Å². The highest BCUT2D eigenvalue weighted by atomic mass is 35.5. The van der Waals surface area contributed by atoms with E-state index in [4.69, 9.17) is 11.6 Å². The number of rotatable bonds is 13. The largest absolute Gasteiger partial charge is 0.352 e. The predicted octanol–water partition coefficient (Wildman–Crippen LogP) is 6.09. The van der Waals surface area contributed by atoms with Crippen LogP contribution in [-0.2, 0) is 32.6 Å². The lowest BCUT2D eigenvalue weighted by atomic mass is 10.0. The Labute approximate surface area is 259 Å². The second-order valence-corrected chi connectivity index (χ2v) is 12.6. The molecule has 0 saturated carbocycles. The number of nitrogens with zero attached hydrogens (tertiary/aromatic N) is 2. The van der Waals surface area contributed by atoms with Gasteiger partial charge in [0.25, 0.3) is 10.0 Å². The summed E-state index contributed by atoms with van der Waals surface area (Å²) in [6, 6.07) is 32.1. The van der Waals surface area contributed by atoms with Gasteiger partial charge in [-0.1, -0.05) is 97.4 Å². The summed E-state index contributed by atoms with van der Waals surface area (Å²) < 4.78 is 29.0. The minimum atomic E-state index is -4.15. The first-order chi connectivity index (χ1) is 20.7. The van der Waals surface area contributed by atoms with Crippen molar-refractivity contribution in [1.29, 1.82) is 0 Å². The highest BCUT2D eigenvalue weighted by Crippen LogP contribution is 2.26. The Hall–Kier alpha value is -4.14. The van der Waals surface area contributed by atoms with Crippen molar-refractivity contribution >= 4 is 39.1 Å². The second kappa shape index (κ2) is 14.8. The summed E-state index contributed by atoms with van der Waals surface area (Å²) in [7, 11) is -4.15. The van der Waals surface area contributed by atoms with Crippen LogP contribution >= 0.6 is 11.6 Å². The molecule has 2 atom stereocenters. The van der Waals surface area contributed by atoms with Crippen molar-refractivity contribution in [2.75, 3.05) is 10.8 Å². The number of anilines is 1. The van der Waals surface area contributed by atoms with Gasteiger partial charge in [0, 0.05) is 24.0 Å². The Kier molecular flexibility index (Phi) is 11.0. The molecule has 2 unspecified atom stereocenters. The van der Waals surface area contributed by atoms with Gasteiger partial charge in [-0.3, -0.25) is 13.9 Å². The summed E-state index contributed by atoms with van der Waals surface area (Å²) in [6.07, 6.45) is 0.976. The Morgan fingerprint density at radius 3 is 1.88 bits per heavy atom. The van der Waals surface area contributed by atoms with Crippen LogP contribution in [0.2, 0.25) is 5.02 Å². The molecule has 0 heterocycles. The minimum absolute atomic E-state index is 0.0442. The van der Waals surface area contributed by atoms with E-state index >= 15 is 0 Å². The molecule has 0 bridgehead atoms. The summed E-state index contributed by atoms with van der Waals surface area (Å²) in [6.45, 7) is 3.48. The van der Waals surface area contributed by atoms with E-state index in [1.807, 2.05) is 74.5 Å². The number of amides is 2. The van der Waals surface area contributed by atoms with E-state index in [0.29, 0.717) is 5.02 Å². The van der Waals surface area contributed by atoms with Crippen LogP contribution in [0.1, 0.15) is 31.4 Å². The van der Waals surface area contributed by atoms with Crippen molar-refractivity contribution in [1.82, 2.24) is 10.2 Å². The van der Waals surface area contributed by atoms with Crippen LogP contribution < -0.4 is 9.62 Å². The molecule has 224 valence electrons. The number of hydrogen-bond acceptors (Lipinski definition) is 4. The molecule has 4 rings (SSSR count). The maximum Gasteiger partial charge on any atom is 0.264 e. The molecule has 2 amide bonds. The molecule has 0 radical (unpaired) electrons. The van der Waals surface area contributed by atoms with Gasteiger partial charge in [0.2, 0.25) is 11.8 Å². The van der Waals surface area contributed by atoms with E-state index in [1.165, 1.54) is 17.0 Å². The Morgan fingerprint density at radius 1 is 0.791 bits per heavy atom. The first kappa shape index (κ1) is 31.8. The average molecular weight is 618 g/mol. The van der Waals surface area contributed by atoms with Gasteiger partial charge in [-0.25, -0.2) is 8.42 Å². The molecule has 0 aromatic heterocycles. The molecule has 9 heteroatoms. The monoisotopic (exact) mass is 617 g/mol. The molecule has 4 aromatic carbocycles. The minimum Gasteiger partial charge on any atom is -0.352 e. The number of carbonyl (C=O) groups is 2. The van der Waals surface area contributed by atoms with Crippen molar-refractivity contribution in [3.63, 3.8) is 0 Å². The molecule has 0 aliphatic rings. The van der Waals surface area contributed by atoms with Crippen molar-refractivity contribution in [3.8, 4) is 0 Å². The molecule has 0 spiro atoms. The molecule has 0 saturated heterocycles. The van der Waals surface area contributed by atoms with Gasteiger partial charge in [-0.15, -0.1) is 0 Å². The Bertz CT molecular complexity index is 1590. The second-order valence-electron chi connectivity index (χ2n) is 10.3. The zero-order chi connectivity index (χ0) is 30.8. The maximum atomic E-state index is 14.4. The fourth-order valence-electron chi connectivity index (χ4n) is 4.63. The molecule has 0 aliphatic carbocycles. The molecule has 43 heavy (non-hydrogen) atoms. The molecular weight excluding hydrogens is 582 g/mol. The predicted molar refractivity (Wildman–Crippen MR) is 171 cm³/mol. The third-order valence-electron chi connectivity index (χ3n) is 7.19. The fourth-order valence-corrected chi connectivity index (χ4v) is 6.19. The summed E-state index contributed by atoms with van der Waals surface area (Å²) in [5.41, 5.74) is 1.98. The van der Waals surface area contributed by atoms with E-state index < -0.39 is 28.5 Å². The van der Waals surface area contributed by atoms with Crippen molar-refractivity contribution in [2.24, 2.45) is 0 Å². The van der Waals surface area contributed by atoms with Gasteiger partial charge in [-0.05, 0) is 60.9 Å². The first-order valence-corrected chi connectivity index (χ1v) is 16.0.